The summed E-state index contributed by atoms with van der Waals surface area (Å²) in [6.45, 7) is 0.565. The molecule has 9 nitrogen and oxygen atoms in total. The summed E-state index contributed by atoms with van der Waals surface area (Å²) in [6, 6.07) is 13.1. The third-order valence-electron chi connectivity index (χ3n) is 4.35. The third-order valence-corrected chi connectivity index (χ3v) is 4.35. The molecule has 2 aromatic carbocycles. The molecule has 150 valence electrons. The summed E-state index contributed by atoms with van der Waals surface area (Å²) in [5, 5.41) is 40.8. The van der Waals surface area contributed by atoms with Crippen LogP contribution in [0.25, 0.3) is 0 Å². The number of non-ortho nitro benzene ring substituents is 1. The number of unbranched alkanes of at least 4 members (excludes halogenated alkanes) is 1. The van der Waals surface area contributed by atoms with Crippen molar-refractivity contribution in [2.24, 2.45) is 0 Å². The number of nitrogens with zero attached hydrogens (tertiary/aromatic N) is 3. The smallest absolute Gasteiger partial charge is 0.299 e. The molecule has 0 aromatic heterocycles. The standard InChI is InChI=1S/C19H23N3O6/c23-14-17(24)8-4-5-11-20(13-15-6-2-1-3-7-15)18-10-9-16(21(25)26)12-19(18)22(27)28/h1-3,6-7,9-10,12,17,23-24H,4-5,8,11,13-14H2. The van der Waals surface area contributed by atoms with Gasteiger partial charge in [0.1, 0.15) is 5.69 Å². The minimum atomic E-state index is -0.781. The molecule has 0 fully saturated rings. The van der Waals surface area contributed by atoms with Crippen LogP contribution in [0.15, 0.2) is 48.5 Å². The van der Waals surface area contributed by atoms with Crippen molar-refractivity contribution < 1.29 is 20.1 Å². The summed E-state index contributed by atoms with van der Waals surface area (Å²) in [5.41, 5.74) is 0.606. The van der Waals surface area contributed by atoms with Crippen LogP contribution in [-0.4, -0.2) is 39.3 Å². The van der Waals surface area contributed by atoms with Crippen LogP contribution in [0.4, 0.5) is 17.1 Å². The van der Waals surface area contributed by atoms with Gasteiger partial charge in [-0.1, -0.05) is 30.3 Å². The Morgan fingerprint density at radius 3 is 2.32 bits per heavy atom. The number of benzene rings is 2. The highest BCUT2D eigenvalue weighted by Gasteiger charge is 2.23. The van der Waals surface area contributed by atoms with E-state index >= 15 is 0 Å². The minimum Gasteiger partial charge on any atom is -0.394 e. The van der Waals surface area contributed by atoms with E-state index in [1.54, 1.807) is 0 Å². The Balaban J connectivity index is 2.26. The van der Waals surface area contributed by atoms with Gasteiger partial charge in [-0.25, -0.2) is 0 Å². The molecular weight excluding hydrogens is 366 g/mol. The number of rotatable bonds is 11. The molecule has 2 rings (SSSR count). The van der Waals surface area contributed by atoms with Crippen LogP contribution in [-0.2, 0) is 6.54 Å². The zero-order valence-corrected chi connectivity index (χ0v) is 15.3. The number of anilines is 1. The Morgan fingerprint density at radius 1 is 1.00 bits per heavy atom. The van der Waals surface area contributed by atoms with Crippen LogP contribution in [0, 0.1) is 20.2 Å². The number of hydrogen-bond acceptors (Lipinski definition) is 7. The molecule has 0 amide bonds. The van der Waals surface area contributed by atoms with Gasteiger partial charge in [0, 0.05) is 19.2 Å². The second-order valence-electron chi connectivity index (χ2n) is 6.43. The largest absolute Gasteiger partial charge is 0.394 e. The van der Waals surface area contributed by atoms with Crippen molar-refractivity contribution in [3.63, 3.8) is 0 Å². The molecule has 1 atom stereocenters. The van der Waals surface area contributed by atoms with Crippen LogP contribution in [0.5, 0.6) is 0 Å². The van der Waals surface area contributed by atoms with Crippen molar-refractivity contribution in [3.05, 3.63) is 74.3 Å². The molecule has 2 aromatic rings. The van der Waals surface area contributed by atoms with Gasteiger partial charge >= 0.3 is 0 Å². The van der Waals surface area contributed by atoms with Gasteiger partial charge in [-0.15, -0.1) is 0 Å². The van der Waals surface area contributed by atoms with Gasteiger partial charge in [0.25, 0.3) is 11.4 Å². The SMILES string of the molecule is O=[N+]([O-])c1ccc(N(CCCCC(O)CO)Cc2ccccc2)c([N+](=O)[O-])c1. The van der Waals surface area contributed by atoms with E-state index in [-0.39, 0.29) is 18.0 Å². The lowest BCUT2D eigenvalue weighted by atomic mass is 10.1. The lowest BCUT2D eigenvalue weighted by Crippen LogP contribution is -2.25. The Hall–Kier alpha value is -3.04. The zero-order valence-electron chi connectivity index (χ0n) is 15.3. The molecule has 2 N–H and O–H groups in total. The fourth-order valence-corrected chi connectivity index (χ4v) is 2.90. The summed E-state index contributed by atoms with van der Waals surface area (Å²) in [4.78, 5) is 23.0. The first-order valence-electron chi connectivity index (χ1n) is 8.93. The average Bonchev–Trinajstić information content (AvgIpc) is 2.70. The molecule has 0 saturated carbocycles. The molecule has 0 aliphatic rings. The monoisotopic (exact) mass is 389 g/mol. The lowest BCUT2D eigenvalue weighted by Gasteiger charge is -2.25. The molecule has 0 radical (unpaired) electrons. The molecule has 0 aliphatic carbocycles. The number of nitro benzene ring substituents is 2. The third kappa shape index (κ3) is 6.00. The van der Waals surface area contributed by atoms with E-state index in [0.29, 0.717) is 38.0 Å². The van der Waals surface area contributed by atoms with E-state index in [0.717, 1.165) is 11.6 Å². The predicted molar refractivity (Wildman–Crippen MR) is 104 cm³/mol. The van der Waals surface area contributed by atoms with E-state index in [2.05, 4.69) is 0 Å². The first-order valence-corrected chi connectivity index (χ1v) is 8.93. The Bertz CT molecular complexity index is 800. The fraction of sp³-hybridized carbons (Fsp3) is 0.368. The van der Waals surface area contributed by atoms with Crippen LogP contribution < -0.4 is 4.90 Å². The second-order valence-corrected chi connectivity index (χ2v) is 6.43. The van der Waals surface area contributed by atoms with Crippen molar-refractivity contribution in [2.45, 2.75) is 31.9 Å². The first-order chi connectivity index (χ1) is 13.4. The Kier molecular flexibility index (Phi) is 7.85. The summed E-state index contributed by atoms with van der Waals surface area (Å²) in [7, 11) is 0. The van der Waals surface area contributed by atoms with E-state index in [4.69, 9.17) is 5.11 Å². The highest BCUT2D eigenvalue weighted by molar-refractivity contribution is 5.67. The molecule has 9 heteroatoms. The molecule has 0 bridgehead atoms. The highest BCUT2D eigenvalue weighted by Crippen LogP contribution is 2.33. The molecule has 0 spiro atoms. The summed E-state index contributed by atoms with van der Waals surface area (Å²) in [6.07, 6.45) is 0.917. The number of aliphatic hydroxyl groups excluding tert-OH is 2. The normalized spacial score (nSPS) is 11.8. The van der Waals surface area contributed by atoms with Crippen LogP contribution >= 0.6 is 0 Å². The minimum absolute atomic E-state index is 0.304. The molecule has 0 saturated heterocycles. The van der Waals surface area contributed by atoms with Gasteiger partial charge < -0.3 is 15.1 Å². The van der Waals surface area contributed by atoms with Crippen LogP contribution in [0.3, 0.4) is 0 Å². The van der Waals surface area contributed by atoms with E-state index < -0.39 is 16.0 Å². The fourth-order valence-electron chi connectivity index (χ4n) is 2.90. The molecule has 1 unspecified atom stereocenters. The van der Waals surface area contributed by atoms with Crippen molar-refractivity contribution in [1.29, 1.82) is 0 Å². The summed E-state index contributed by atoms with van der Waals surface area (Å²) < 4.78 is 0. The maximum Gasteiger partial charge on any atom is 0.299 e. The van der Waals surface area contributed by atoms with E-state index in [1.807, 2.05) is 35.2 Å². The Morgan fingerprint density at radius 2 is 1.71 bits per heavy atom. The summed E-state index contributed by atoms with van der Waals surface area (Å²) >= 11 is 0. The number of hydrogen-bond donors (Lipinski definition) is 2. The van der Waals surface area contributed by atoms with Gasteiger partial charge in [0.05, 0.1) is 28.6 Å². The van der Waals surface area contributed by atoms with E-state index in [1.165, 1.54) is 12.1 Å². The maximum atomic E-state index is 11.5. The van der Waals surface area contributed by atoms with Crippen molar-refractivity contribution >= 4 is 17.1 Å². The first kappa shape index (κ1) is 21.3. The highest BCUT2D eigenvalue weighted by atomic mass is 16.6. The van der Waals surface area contributed by atoms with E-state index in [9.17, 15) is 25.3 Å². The van der Waals surface area contributed by atoms with Crippen LogP contribution in [0.1, 0.15) is 24.8 Å². The van der Waals surface area contributed by atoms with Gasteiger partial charge in [-0.05, 0) is 30.9 Å². The molecule has 28 heavy (non-hydrogen) atoms. The maximum absolute atomic E-state index is 11.5. The van der Waals surface area contributed by atoms with Gasteiger partial charge in [-0.2, -0.15) is 0 Å². The average molecular weight is 389 g/mol. The molecular formula is C19H23N3O6. The van der Waals surface area contributed by atoms with Crippen molar-refractivity contribution in [1.82, 2.24) is 0 Å². The van der Waals surface area contributed by atoms with Gasteiger partial charge in [0.15, 0.2) is 0 Å². The van der Waals surface area contributed by atoms with Crippen molar-refractivity contribution in [2.75, 3.05) is 18.1 Å². The van der Waals surface area contributed by atoms with Gasteiger partial charge in [-0.3, -0.25) is 20.2 Å². The second kappa shape index (κ2) is 10.3. The zero-order chi connectivity index (χ0) is 20.5. The van der Waals surface area contributed by atoms with Crippen LogP contribution in [0.2, 0.25) is 0 Å². The quantitative estimate of drug-likeness (QED) is 0.343. The number of aliphatic hydroxyl groups is 2. The predicted octanol–water partition coefficient (Wildman–Crippen LogP) is 3.03. The summed E-state index contributed by atoms with van der Waals surface area (Å²) in [5.74, 6) is 0. The lowest BCUT2D eigenvalue weighted by molar-refractivity contribution is -0.393. The van der Waals surface area contributed by atoms with Crippen molar-refractivity contribution in [3.8, 4) is 0 Å². The molecule has 0 heterocycles. The molecule has 0 aliphatic heterocycles. The number of nitro groups is 2. The van der Waals surface area contributed by atoms with Gasteiger partial charge in [0.2, 0.25) is 0 Å². The Labute approximate surface area is 162 Å². The topological polar surface area (TPSA) is 130 Å².